The SMILES string of the molecule is CON1SN(OC)C(=O)N(OC)C1=O. The van der Waals surface area contributed by atoms with Crippen molar-refractivity contribution >= 4 is 24.2 Å². The summed E-state index contributed by atoms with van der Waals surface area (Å²) in [5, 5.41) is 0.503. The minimum absolute atomic E-state index is 0.503. The average Bonchev–Trinajstić information content (AvgIpc) is 2.19. The summed E-state index contributed by atoms with van der Waals surface area (Å²) in [5.41, 5.74) is 0. The van der Waals surface area contributed by atoms with Crippen LogP contribution in [0.5, 0.6) is 0 Å². The second-order valence-electron chi connectivity index (χ2n) is 2.00. The molecule has 4 amide bonds. The number of amides is 4. The summed E-state index contributed by atoms with van der Waals surface area (Å²) in [6.07, 6.45) is 0. The van der Waals surface area contributed by atoms with E-state index in [9.17, 15) is 9.59 Å². The first-order valence-electron chi connectivity index (χ1n) is 3.44. The molecule has 80 valence electrons. The van der Waals surface area contributed by atoms with Crippen molar-refractivity contribution < 1.29 is 24.1 Å². The Morgan fingerprint density at radius 2 is 1.36 bits per heavy atom. The van der Waals surface area contributed by atoms with Gasteiger partial charge in [0.1, 0.15) is 12.1 Å². The predicted octanol–water partition coefficient (Wildman–Crippen LogP) is 0.393. The predicted molar refractivity (Wildman–Crippen MR) is 44.9 cm³/mol. The van der Waals surface area contributed by atoms with Crippen LogP contribution in [0.25, 0.3) is 0 Å². The third-order valence-electron chi connectivity index (χ3n) is 1.32. The fourth-order valence-corrected chi connectivity index (χ4v) is 1.30. The summed E-state index contributed by atoms with van der Waals surface area (Å²) in [5.74, 6) is 0. The number of hydroxylamine groups is 4. The Hall–Kier alpha value is -1.03. The fourth-order valence-electron chi connectivity index (χ4n) is 0.746. The summed E-state index contributed by atoms with van der Waals surface area (Å²) < 4.78 is 1.66. The molecule has 0 bridgehead atoms. The largest absolute Gasteiger partial charge is 0.389 e. The molecule has 1 heterocycles. The highest BCUT2D eigenvalue weighted by atomic mass is 32.2. The molecule has 0 aliphatic carbocycles. The molecule has 0 spiro atoms. The highest BCUT2D eigenvalue weighted by molar-refractivity contribution is 7.95. The lowest BCUT2D eigenvalue weighted by Gasteiger charge is -2.33. The summed E-state index contributed by atoms with van der Waals surface area (Å²) >= 11 is 0.668. The third-order valence-corrected chi connectivity index (χ3v) is 2.23. The highest BCUT2D eigenvalue weighted by Crippen LogP contribution is 2.25. The third kappa shape index (κ3) is 1.75. The molecule has 1 rings (SSSR count). The molecule has 1 fully saturated rings. The Morgan fingerprint density at radius 3 is 1.64 bits per heavy atom. The van der Waals surface area contributed by atoms with Crippen LogP contribution in [0.15, 0.2) is 0 Å². The number of urea groups is 2. The van der Waals surface area contributed by atoms with Crippen LogP contribution in [0, 0.1) is 0 Å². The van der Waals surface area contributed by atoms with Gasteiger partial charge >= 0.3 is 12.1 Å². The van der Waals surface area contributed by atoms with Crippen LogP contribution >= 0.6 is 12.1 Å². The maximum atomic E-state index is 11.3. The zero-order chi connectivity index (χ0) is 10.7. The molecule has 0 aromatic rings. The van der Waals surface area contributed by atoms with Crippen molar-refractivity contribution in [3.8, 4) is 0 Å². The van der Waals surface area contributed by atoms with E-state index in [0.29, 0.717) is 17.2 Å². The van der Waals surface area contributed by atoms with E-state index in [-0.39, 0.29) is 0 Å². The van der Waals surface area contributed by atoms with E-state index in [1.54, 1.807) is 0 Å². The van der Waals surface area contributed by atoms with E-state index in [4.69, 9.17) is 0 Å². The van der Waals surface area contributed by atoms with Gasteiger partial charge in [0.25, 0.3) is 0 Å². The van der Waals surface area contributed by atoms with Gasteiger partial charge in [0.2, 0.25) is 0 Å². The number of imide groups is 1. The van der Waals surface area contributed by atoms with Gasteiger partial charge in [-0.1, -0.05) is 0 Å². The zero-order valence-corrected chi connectivity index (χ0v) is 8.61. The van der Waals surface area contributed by atoms with Crippen molar-refractivity contribution in [1.82, 2.24) is 14.0 Å². The molecule has 0 unspecified atom stereocenters. The van der Waals surface area contributed by atoms with Gasteiger partial charge in [0.15, 0.2) is 0 Å². The Labute approximate surface area is 84.4 Å². The standard InChI is InChI=1S/C5H9N3O5S/c1-11-6-4(9)7(12-2)14-8(13-3)5(6)10/h1-3H3. The fraction of sp³-hybridized carbons (Fsp3) is 0.600. The summed E-state index contributed by atoms with van der Waals surface area (Å²) in [7, 11) is 3.75. The Bertz CT molecular complexity index is 228. The second-order valence-corrected chi connectivity index (χ2v) is 2.83. The number of hydrogen-bond acceptors (Lipinski definition) is 6. The minimum Gasteiger partial charge on any atom is -0.264 e. The Kier molecular flexibility index (Phi) is 3.52. The lowest BCUT2D eigenvalue weighted by Crippen LogP contribution is -2.53. The first-order valence-corrected chi connectivity index (χ1v) is 4.17. The normalized spacial score (nSPS) is 18.1. The molecule has 0 aromatic heterocycles. The van der Waals surface area contributed by atoms with E-state index >= 15 is 0 Å². The van der Waals surface area contributed by atoms with Gasteiger partial charge in [-0.15, -0.1) is 14.0 Å². The molecule has 9 heteroatoms. The summed E-state index contributed by atoms with van der Waals surface area (Å²) in [6.45, 7) is 0. The van der Waals surface area contributed by atoms with Crippen LogP contribution in [-0.2, 0) is 14.5 Å². The monoisotopic (exact) mass is 223 g/mol. The molecular formula is C5H9N3O5S. The van der Waals surface area contributed by atoms with E-state index in [0.717, 1.165) is 8.94 Å². The molecule has 1 saturated heterocycles. The van der Waals surface area contributed by atoms with Gasteiger partial charge in [0.05, 0.1) is 21.3 Å². The van der Waals surface area contributed by atoms with Gasteiger partial charge in [-0.2, -0.15) is 0 Å². The molecule has 1 aliphatic heterocycles. The number of carbonyl (C=O) groups is 2. The van der Waals surface area contributed by atoms with Crippen LogP contribution in [0.1, 0.15) is 0 Å². The molecule has 8 nitrogen and oxygen atoms in total. The van der Waals surface area contributed by atoms with Crippen LogP contribution in [0.2, 0.25) is 0 Å². The number of rotatable bonds is 3. The van der Waals surface area contributed by atoms with E-state index < -0.39 is 12.1 Å². The first-order chi connectivity index (χ1) is 6.65. The molecule has 0 atom stereocenters. The van der Waals surface area contributed by atoms with Crippen molar-refractivity contribution in [2.45, 2.75) is 0 Å². The number of hydrogen-bond donors (Lipinski definition) is 0. The molecule has 0 aromatic carbocycles. The van der Waals surface area contributed by atoms with E-state index in [1.807, 2.05) is 0 Å². The molecule has 0 radical (unpaired) electrons. The second kappa shape index (κ2) is 4.46. The summed E-state index contributed by atoms with van der Waals surface area (Å²) in [6, 6.07) is -1.48. The van der Waals surface area contributed by atoms with Crippen LogP contribution in [0.4, 0.5) is 9.59 Å². The lowest BCUT2D eigenvalue weighted by atomic mass is 10.9. The van der Waals surface area contributed by atoms with Gasteiger partial charge in [-0.05, 0) is 0 Å². The van der Waals surface area contributed by atoms with Gasteiger partial charge in [0, 0.05) is 0 Å². The lowest BCUT2D eigenvalue weighted by molar-refractivity contribution is -0.133. The molecule has 14 heavy (non-hydrogen) atoms. The van der Waals surface area contributed by atoms with Gasteiger partial charge < -0.3 is 0 Å². The van der Waals surface area contributed by atoms with E-state index in [2.05, 4.69) is 14.5 Å². The van der Waals surface area contributed by atoms with Crippen molar-refractivity contribution in [2.75, 3.05) is 21.3 Å². The molecular weight excluding hydrogens is 214 g/mol. The van der Waals surface area contributed by atoms with Gasteiger partial charge in [-0.3, -0.25) is 14.5 Å². The topological polar surface area (TPSA) is 71.6 Å². The molecule has 0 saturated carbocycles. The molecule has 1 aliphatic rings. The quantitative estimate of drug-likeness (QED) is 0.644. The first kappa shape index (κ1) is 11.0. The smallest absolute Gasteiger partial charge is 0.264 e. The zero-order valence-electron chi connectivity index (χ0n) is 7.79. The van der Waals surface area contributed by atoms with Crippen molar-refractivity contribution in [3.05, 3.63) is 0 Å². The summed E-state index contributed by atoms with van der Waals surface area (Å²) in [4.78, 5) is 36.6. The average molecular weight is 223 g/mol. The van der Waals surface area contributed by atoms with Crippen molar-refractivity contribution in [2.24, 2.45) is 0 Å². The highest BCUT2D eigenvalue weighted by Gasteiger charge is 2.40. The van der Waals surface area contributed by atoms with Crippen LogP contribution in [0.3, 0.4) is 0 Å². The maximum Gasteiger partial charge on any atom is 0.389 e. The minimum atomic E-state index is -0.738. The number of nitrogens with zero attached hydrogens (tertiary/aromatic N) is 3. The van der Waals surface area contributed by atoms with E-state index in [1.165, 1.54) is 21.3 Å². The number of carbonyl (C=O) groups excluding carboxylic acids is 2. The Balaban J connectivity index is 2.83. The van der Waals surface area contributed by atoms with Gasteiger partial charge in [-0.25, -0.2) is 9.59 Å². The van der Waals surface area contributed by atoms with Crippen molar-refractivity contribution in [1.29, 1.82) is 0 Å². The van der Waals surface area contributed by atoms with Crippen LogP contribution in [-0.4, -0.2) is 47.4 Å². The Morgan fingerprint density at radius 1 is 0.929 bits per heavy atom. The van der Waals surface area contributed by atoms with Crippen LogP contribution < -0.4 is 0 Å². The molecule has 0 N–H and O–H groups in total. The van der Waals surface area contributed by atoms with Crippen molar-refractivity contribution in [3.63, 3.8) is 0 Å². The maximum absolute atomic E-state index is 11.3.